The molecule has 4 heteroatoms. The van der Waals surface area contributed by atoms with Gasteiger partial charge in [-0.2, -0.15) is 0 Å². The number of hydrogen-bond acceptors (Lipinski definition) is 1. The van der Waals surface area contributed by atoms with Gasteiger partial charge >= 0.3 is 0 Å². The molecule has 0 unspecified atom stereocenters. The second-order valence-corrected chi connectivity index (χ2v) is 8.28. The molecular formula is C29H19N3O. The van der Waals surface area contributed by atoms with Crippen LogP contribution in [0.15, 0.2) is 114 Å². The largest absolute Gasteiger partial charge is 0.308 e. The smallest absolute Gasteiger partial charge is 0.259 e. The molecule has 0 fully saturated rings. The maximum Gasteiger partial charge on any atom is 0.259 e. The second-order valence-electron chi connectivity index (χ2n) is 8.28. The summed E-state index contributed by atoms with van der Waals surface area (Å²) >= 11 is 0. The van der Waals surface area contributed by atoms with E-state index < -0.39 is 0 Å². The summed E-state index contributed by atoms with van der Waals surface area (Å²) in [4.78, 5) is 16.9. The van der Waals surface area contributed by atoms with Gasteiger partial charge < -0.3 is 9.55 Å². The average Bonchev–Trinajstić information content (AvgIpc) is 3.38. The Morgan fingerprint density at radius 3 is 1.64 bits per heavy atom. The van der Waals surface area contributed by atoms with E-state index in [0.29, 0.717) is 0 Å². The van der Waals surface area contributed by atoms with E-state index >= 15 is 0 Å². The number of aromatic nitrogens is 3. The summed E-state index contributed by atoms with van der Waals surface area (Å²) in [6, 6.07) is 37.0. The monoisotopic (exact) mass is 425 g/mol. The molecule has 0 spiro atoms. The molecule has 0 aliphatic rings. The van der Waals surface area contributed by atoms with Crippen molar-refractivity contribution >= 4 is 43.7 Å². The molecule has 0 saturated carbocycles. The zero-order valence-electron chi connectivity index (χ0n) is 17.7. The highest BCUT2D eigenvalue weighted by atomic mass is 16.1. The normalized spacial score (nSPS) is 11.8. The number of fused-ring (bicyclic) bond motifs is 7. The van der Waals surface area contributed by atoms with E-state index in [4.69, 9.17) is 0 Å². The van der Waals surface area contributed by atoms with Crippen LogP contribution < -0.4 is 5.56 Å². The lowest BCUT2D eigenvalue weighted by atomic mass is 10.1. The number of rotatable bonds is 2. The summed E-state index contributed by atoms with van der Waals surface area (Å²) < 4.78 is 4.38. The Hall–Kier alpha value is -4.57. The number of nitrogens with zero attached hydrogens (tertiary/aromatic N) is 2. The summed E-state index contributed by atoms with van der Waals surface area (Å²) in [7, 11) is 0. The van der Waals surface area contributed by atoms with Crippen molar-refractivity contribution in [1.29, 1.82) is 0 Å². The summed E-state index contributed by atoms with van der Waals surface area (Å²) in [6.07, 6.45) is 0. The Morgan fingerprint density at radius 1 is 0.515 bits per heavy atom. The van der Waals surface area contributed by atoms with Gasteiger partial charge in [0.2, 0.25) is 0 Å². The Balaban J connectivity index is 1.82. The fourth-order valence-corrected chi connectivity index (χ4v) is 5.17. The summed E-state index contributed by atoms with van der Waals surface area (Å²) in [5.74, 6) is 0. The Labute approximate surface area is 188 Å². The Morgan fingerprint density at radius 2 is 1.00 bits per heavy atom. The van der Waals surface area contributed by atoms with Gasteiger partial charge in [-0.15, -0.1) is 0 Å². The third-order valence-corrected chi connectivity index (χ3v) is 6.47. The molecule has 7 rings (SSSR count). The van der Waals surface area contributed by atoms with Gasteiger partial charge in [0.25, 0.3) is 5.56 Å². The molecule has 3 heterocycles. The first kappa shape index (κ1) is 18.0. The third kappa shape index (κ3) is 2.43. The molecule has 0 amide bonds. The molecule has 4 aromatic carbocycles. The molecule has 0 bridgehead atoms. The Kier molecular flexibility index (Phi) is 3.67. The van der Waals surface area contributed by atoms with Crippen molar-refractivity contribution in [1.82, 2.24) is 14.1 Å². The predicted molar refractivity (Wildman–Crippen MR) is 136 cm³/mol. The van der Waals surface area contributed by atoms with Crippen molar-refractivity contribution in [2.75, 3.05) is 0 Å². The number of benzene rings is 4. The van der Waals surface area contributed by atoms with E-state index in [1.54, 1.807) is 0 Å². The van der Waals surface area contributed by atoms with Crippen molar-refractivity contribution in [3.8, 4) is 11.4 Å². The first-order valence-corrected chi connectivity index (χ1v) is 11.0. The number of para-hydroxylation sites is 4. The standard InChI is InChI=1S/C29H19N3O/c33-29-26-22-16-8-9-17-23(22)31(19-11-3-1-4-12-19)27(26)25-21-15-7-10-18-24(21)32(28(25)30-29)20-13-5-2-6-14-20/h1-18H,(H,30,33). The quantitative estimate of drug-likeness (QED) is 0.334. The number of hydrogen-bond donors (Lipinski definition) is 1. The zero-order valence-corrected chi connectivity index (χ0v) is 17.7. The first-order chi connectivity index (χ1) is 16.3. The molecule has 33 heavy (non-hydrogen) atoms. The van der Waals surface area contributed by atoms with Crippen molar-refractivity contribution in [2.24, 2.45) is 0 Å². The van der Waals surface area contributed by atoms with Gasteiger partial charge in [-0.3, -0.25) is 9.36 Å². The van der Waals surface area contributed by atoms with Gasteiger partial charge in [0.05, 0.1) is 27.3 Å². The van der Waals surface area contributed by atoms with Gasteiger partial charge in [0.1, 0.15) is 5.65 Å². The number of nitrogens with one attached hydrogen (secondary N) is 1. The fourth-order valence-electron chi connectivity index (χ4n) is 5.17. The average molecular weight is 425 g/mol. The van der Waals surface area contributed by atoms with Crippen LogP contribution in [0.3, 0.4) is 0 Å². The fraction of sp³-hybridized carbons (Fsp3) is 0. The molecule has 1 N–H and O–H groups in total. The van der Waals surface area contributed by atoms with Crippen molar-refractivity contribution in [2.45, 2.75) is 0 Å². The van der Waals surface area contributed by atoms with E-state index in [2.05, 4.69) is 62.6 Å². The van der Waals surface area contributed by atoms with Crippen LogP contribution in [0.5, 0.6) is 0 Å². The van der Waals surface area contributed by atoms with Crippen molar-refractivity contribution in [3.05, 3.63) is 120 Å². The van der Waals surface area contributed by atoms with Gasteiger partial charge in [0, 0.05) is 22.1 Å². The van der Waals surface area contributed by atoms with Gasteiger partial charge in [0.15, 0.2) is 0 Å². The molecule has 0 atom stereocenters. The lowest BCUT2D eigenvalue weighted by Crippen LogP contribution is -2.08. The van der Waals surface area contributed by atoms with Crippen LogP contribution in [-0.4, -0.2) is 14.1 Å². The van der Waals surface area contributed by atoms with Gasteiger partial charge in [-0.05, 0) is 36.4 Å². The highest BCUT2D eigenvalue weighted by Gasteiger charge is 2.22. The molecule has 3 aromatic heterocycles. The van der Waals surface area contributed by atoms with Crippen LogP contribution in [0.25, 0.3) is 55.1 Å². The van der Waals surface area contributed by atoms with Crippen LogP contribution in [0.2, 0.25) is 0 Å². The van der Waals surface area contributed by atoms with Crippen molar-refractivity contribution in [3.63, 3.8) is 0 Å². The molecule has 156 valence electrons. The predicted octanol–water partition coefficient (Wildman–Crippen LogP) is 6.57. The van der Waals surface area contributed by atoms with Crippen LogP contribution >= 0.6 is 0 Å². The van der Waals surface area contributed by atoms with Crippen LogP contribution in [-0.2, 0) is 0 Å². The van der Waals surface area contributed by atoms with Gasteiger partial charge in [-0.25, -0.2) is 0 Å². The zero-order chi connectivity index (χ0) is 21.9. The topological polar surface area (TPSA) is 42.7 Å². The first-order valence-electron chi connectivity index (χ1n) is 11.0. The molecule has 0 saturated heterocycles. The summed E-state index contributed by atoms with van der Waals surface area (Å²) in [5.41, 5.74) is 5.79. The number of H-pyrrole nitrogens is 1. The van der Waals surface area contributed by atoms with E-state index in [9.17, 15) is 4.79 Å². The molecule has 0 aliphatic carbocycles. The number of pyridine rings is 1. The van der Waals surface area contributed by atoms with E-state index in [-0.39, 0.29) is 5.56 Å². The van der Waals surface area contributed by atoms with Gasteiger partial charge in [-0.1, -0.05) is 72.8 Å². The minimum Gasteiger partial charge on any atom is -0.308 e. The van der Waals surface area contributed by atoms with E-state index in [1.807, 2.05) is 60.7 Å². The minimum absolute atomic E-state index is 0.0802. The highest BCUT2D eigenvalue weighted by molar-refractivity contribution is 6.24. The van der Waals surface area contributed by atoms with E-state index in [1.165, 1.54) is 0 Å². The molecule has 7 aromatic rings. The summed E-state index contributed by atoms with van der Waals surface area (Å²) in [6.45, 7) is 0. The van der Waals surface area contributed by atoms with Crippen molar-refractivity contribution < 1.29 is 0 Å². The minimum atomic E-state index is -0.0802. The SMILES string of the molecule is O=c1[nH]c2c(c3ccccc3n2-c2ccccc2)c2c1c1ccccc1n2-c1ccccc1. The molecule has 0 radical (unpaired) electrons. The lowest BCUT2D eigenvalue weighted by Gasteiger charge is -2.09. The molecule has 4 nitrogen and oxygen atoms in total. The molecular weight excluding hydrogens is 406 g/mol. The Bertz CT molecular complexity index is 1870. The maximum atomic E-state index is 13.6. The number of aromatic amines is 1. The van der Waals surface area contributed by atoms with Crippen LogP contribution in [0, 0.1) is 0 Å². The van der Waals surface area contributed by atoms with Crippen LogP contribution in [0.1, 0.15) is 0 Å². The van der Waals surface area contributed by atoms with E-state index in [0.717, 1.165) is 55.1 Å². The summed E-state index contributed by atoms with van der Waals surface area (Å²) in [5, 5.41) is 3.83. The maximum absolute atomic E-state index is 13.6. The second kappa shape index (κ2) is 6.71. The highest BCUT2D eigenvalue weighted by Crippen LogP contribution is 2.39. The lowest BCUT2D eigenvalue weighted by molar-refractivity contribution is 1.12. The third-order valence-electron chi connectivity index (χ3n) is 6.47. The van der Waals surface area contributed by atoms with Crippen LogP contribution in [0.4, 0.5) is 0 Å². The molecule has 0 aliphatic heterocycles.